The van der Waals surface area contributed by atoms with Crippen LogP contribution in [0.2, 0.25) is 0 Å². The summed E-state index contributed by atoms with van der Waals surface area (Å²) in [7, 11) is 0. The molecular formula is C18H15N3O6. The number of ether oxygens (including phenoxy) is 1. The Hall–Kier alpha value is -3.80. The minimum Gasteiger partial charge on any atom is -0.478 e. The summed E-state index contributed by atoms with van der Waals surface area (Å²) in [6.45, 7) is 4.68. The van der Waals surface area contributed by atoms with Gasteiger partial charge >= 0.3 is 11.9 Å². The SMILES string of the molecule is Cc1nc(C#N)c(C(=O)O)c(-c2cccc([N+](=O)[O-])c2)c1C(=O)OC(C)C. The van der Waals surface area contributed by atoms with E-state index in [1.807, 2.05) is 0 Å². The number of non-ortho nitro benzene ring substituents is 1. The zero-order valence-electron chi connectivity index (χ0n) is 14.7. The molecule has 2 aromatic rings. The number of nitro benzene ring substituents is 1. The minimum absolute atomic E-state index is 0.0868. The number of carbonyl (C=O) groups excluding carboxylic acids is 1. The lowest BCUT2D eigenvalue weighted by molar-refractivity contribution is -0.384. The topological polar surface area (TPSA) is 143 Å². The van der Waals surface area contributed by atoms with E-state index in [0.717, 1.165) is 6.07 Å². The molecule has 1 heterocycles. The lowest BCUT2D eigenvalue weighted by Crippen LogP contribution is -2.18. The highest BCUT2D eigenvalue weighted by Gasteiger charge is 2.29. The van der Waals surface area contributed by atoms with E-state index in [2.05, 4.69) is 4.98 Å². The van der Waals surface area contributed by atoms with Gasteiger partial charge in [-0.2, -0.15) is 5.26 Å². The van der Waals surface area contributed by atoms with Crippen molar-refractivity contribution in [2.24, 2.45) is 0 Å². The van der Waals surface area contributed by atoms with Gasteiger partial charge in [0.2, 0.25) is 0 Å². The van der Waals surface area contributed by atoms with E-state index in [0.29, 0.717) is 0 Å². The second kappa shape index (κ2) is 7.61. The van der Waals surface area contributed by atoms with Gasteiger partial charge in [0.25, 0.3) is 5.69 Å². The second-order valence-corrected chi connectivity index (χ2v) is 5.85. The molecule has 0 aliphatic carbocycles. The number of nitrogens with zero attached hydrogens (tertiary/aromatic N) is 3. The van der Waals surface area contributed by atoms with Crippen molar-refractivity contribution in [3.63, 3.8) is 0 Å². The average Bonchev–Trinajstić information content (AvgIpc) is 2.59. The van der Waals surface area contributed by atoms with Crippen LogP contribution in [0.25, 0.3) is 11.1 Å². The van der Waals surface area contributed by atoms with Crippen molar-refractivity contribution in [3.8, 4) is 17.2 Å². The number of carboxylic acid groups (broad SMARTS) is 1. The largest absolute Gasteiger partial charge is 0.478 e. The van der Waals surface area contributed by atoms with E-state index in [1.165, 1.54) is 25.1 Å². The summed E-state index contributed by atoms with van der Waals surface area (Å²) in [4.78, 5) is 38.8. The van der Waals surface area contributed by atoms with Crippen LogP contribution in [0.15, 0.2) is 24.3 Å². The van der Waals surface area contributed by atoms with Gasteiger partial charge in [-0.25, -0.2) is 14.6 Å². The van der Waals surface area contributed by atoms with Gasteiger partial charge in [-0.15, -0.1) is 0 Å². The van der Waals surface area contributed by atoms with Crippen LogP contribution in [0, 0.1) is 28.4 Å². The number of aryl methyl sites for hydroxylation is 1. The van der Waals surface area contributed by atoms with Crippen LogP contribution in [0.1, 0.15) is 46.0 Å². The summed E-state index contributed by atoms with van der Waals surface area (Å²) in [6.07, 6.45) is -0.487. The van der Waals surface area contributed by atoms with Gasteiger partial charge in [0.1, 0.15) is 11.6 Å². The van der Waals surface area contributed by atoms with Crippen LogP contribution in [0.5, 0.6) is 0 Å². The molecule has 0 fully saturated rings. The third kappa shape index (κ3) is 3.90. The van der Waals surface area contributed by atoms with Crippen molar-refractivity contribution < 1.29 is 24.4 Å². The van der Waals surface area contributed by atoms with Crippen molar-refractivity contribution in [2.75, 3.05) is 0 Å². The number of rotatable bonds is 5. The van der Waals surface area contributed by atoms with Crippen molar-refractivity contribution in [1.29, 1.82) is 5.26 Å². The van der Waals surface area contributed by atoms with E-state index < -0.39 is 34.2 Å². The van der Waals surface area contributed by atoms with Gasteiger partial charge < -0.3 is 9.84 Å². The number of carboxylic acids is 1. The average molecular weight is 369 g/mol. The number of aromatic nitrogens is 1. The van der Waals surface area contributed by atoms with Gasteiger partial charge in [-0.3, -0.25) is 10.1 Å². The Balaban J connectivity index is 2.94. The molecule has 27 heavy (non-hydrogen) atoms. The number of hydrogen-bond acceptors (Lipinski definition) is 7. The number of esters is 1. The third-order valence-electron chi connectivity index (χ3n) is 3.59. The Morgan fingerprint density at radius 1 is 1.33 bits per heavy atom. The smallest absolute Gasteiger partial charge is 0.340 e. The van der Waals surface area contributed by atoms with E-state index in [1.54, 1.807) is 19.9 Å². The molecule has 0 radical (unpaired) electrons. The van der Waals surface area contributed by atoms with Gasteiger partial charge in [0.05, 0.1) is 22.3 Å². The van der Waals surface area contributed by atoms with Crippen LogP contribution in [0.4, 0.5) is 5.69 Å². The molecule has 0 bridgehead atoms. The molecule has 1 N–H and O–H groups in total. The van der Waals surface area contributed by atoms with Crippen LogP contribution < -0.4 is 0 Å². The highest BCUT2D eigenvalue weighted by Crippen LogP contribution is 2.34. The quantitative estimate of drug-likeness (QED) is 0.481. The van der Waals surface area contributed by atoms with Crippen LogP contribution in [-0.2, 0) is 4.74 Å². The van der Waals surface area contributed by atoms with Gasteiger partial charge in [0, 0.05) is 17.7 Å². The van der Waals surface area contributed by atoms with Crippen molar-refractivity contribution in [3.05, 3.63) is 56.9 Å². The first-order chi connectivity index (χ1) is 12.7. The maximum atomic E-state index is 12.6. The molecule has 1 aromatic heterocycles. The monoisotopic (exact) mass is 369 g/mol. The molecule has 0 aliphatic heterocycles. The molecule has 0 amide bonds. The van der Waals surface area contributed by atoms with Crippen LogP contribution in [0.3, 0.4) is 0 Å². The molecule has 0 aliphatic rings. The Morgan fingerprint density at radius 3 is 2.52 bits per heavy atom. The number of benzene rings is 1. The van der Waals surface area contributed by atoms with Crippen molar-refractivity contribution >= 4 is 17.6 Å². The Bertz CT molecular complexity index is 991. The van der Waals surface area contributed by atoms with E-state index in [-0.39, 0.29) is 28.1 Å². The number of pyridine rings is 1. The standard InChI is InChI=1S/C18H15N3O6/c1-9(2)27-18(24)14-10(3)20-13(8-19)16(17(22)23)15(14)11-5-4-6-12(7-11)21(25)26/h4-7,9H,1-3H3,(H,22,23). The summed E-state index contributed by atoms with van der Waals surface area (Å²) in [6, 6.07) is 6.84. The highest BCUT2D eigenvalue weighted by molar-refractivity contribution is 6.07. The predicted molar refractivity (Wildman–Crippen MR) is 93.3 cm³/mol. The fourth-order valence-corrected chi connectivity index (χ4v) is 2.58. The normalized spacial score (nSPS) is 10.3. The van der Waals surface area contributed by atoms with Crippen molar-refractivity contribution in [1.82, 2.24) is 4.98 Å². The zero-order valence-corrected chi connectivity index (χ0v) is 14.7. The van der Waals surface area contributed by atoms with E-state index >= 15 is 0 Å². The Labute approximate surface area is 154 Å². The van der Waals surface area contributed by atoms with E-state index in [4.69, 9.17) is 4.74 Å². The van der Waals surface area contributed by atoms with Gasteiger partial charge in [-0.1, -0.05) is 12.1 Å². The molecule has 0 saturated heterocycles. The molecule has 1 aromatic carbocycles. The first-order valence-electron chi connectivity index (χ1n) is 7.81. The molecule has 2 rings (SSSR count). The Kier molecular flexibility index (Phi) is 5.51. The van der Waals surface area contributed by atoms with E-state index in [9.17, 15) is 30.1 Å². The predicted octanol–water partition coefficient (Wildman–Crippen LogP) is 3.10. The number of aromatic carboxylic acids is 1. The zero-order chi connectivity index (χ0) is 20.3. The molecule has 0 unspecified atom stereocenters. The number of carbonyl (C=O) groups is 2. The number of hydrogen-bond donors (Lipinski definition) is 1. The fraction of sp³-hybridized carbons (Fsp3) is 0.222. The molecular weight excluding hydrogens is 354 g/mol. The first kappa shape index (κ1) is 19.5. The molecule has 0 spiro atoms. The van der Waals surface area contributed by atoms with Crippen molar-refractivity contribution in [2.45, 2.75) is 26.9 Å². The maximum Gasteiger partial charge on any atom is 0.340 e. The molecule has 138 valence electrons. The lowest BCUT2D eigenvalue weighted by Gasteiger charge is -2.17. The molecule has 9 nitrogen and oxygen atoms in total. The summed E-state index contributed by atoms with van der Waals surface area (Å²) >= 11 is 0. The number of nitriles is 1. The summed E-state index contributed by atoms with van der Waals surface area (Å²) < 4.78 is 5.18. The molecule has 0 atom stereocenters. The van der Waals surface area contributed by atoms with Gasteiger partial charge in [-0.05, 0) is 26.3 Å². The van der Waals surface area contributed by atoms with Crippen LogP contribution in [-0.4, -0.2) is 33.1 Å². The maximum absolute atomic E-state index is 12.6. The lowest BCUT2D eigenvalue weighted by atomic mass is 9.92. The summed E-state index contributed by atoms with van der Waals surface area (Å²) in [5.74, 6) is -2.32. The summed E-state index contributed by atoms with van der Waals surface area (Å²) in [5.41, 5.74) is -1.31. The van der Waals surface area contributed by atoms with Crippen LogP contribution >= 0.6 is 0 Å². The summed E-state index contributed by atoms with van der Waals surface area (Å²) in [5, 5.41) is 30.0. The Morgan fingerprint density at radius 2 is 2.00 bits per heavy atom. The first-order valence-corrected chi connectivity index (χ1v) is 7.81. The minimum atomic E-state index is -1.49. The second-order valence-electron chi connectivity index (χ2n) is 5.85. The number of nitro groups is 1. The fourth-order valence-electron chi connectivity index (χ4n) is 2.58. The molecule has 0 saturated carbocycles. The highest BCUT2D eigenvalue weighted by atomic mass is 16.6. The van der Waals surface area contributed by atoms with Gasteiger partial charge in [0.15, 0.2) is 5.69 Å². The third-order valence-corrected chi connectivity index (χ3v) is 3.59. The molecule has 9 heteroatoms.